The van der Waals surface area contributed by atoms with Gasteiger partial charge in [-0.1, -0.05) is 30.3 Å². The van der Waals surface area contributed by atoms with Gasteiger partial charge < -0.3 is 19.5 Å². The summed E-state index contributed by atoms with van der Waals surface area (Å²) < 4.78 is 2.01. The van der Waals surface area contributed by atoms with Gasteiger partial charge in [-0.2, -0.15) is 0 Å². The number of aromatic amines is 1. The number of hydrogen-bond donors (Lipinski definition) is 1. The predicted molar refractivity (Wildman–Crippen MR) is 66.2 cm³/mol. The number of carbonyl (C=O) groups is 1. The Morgan fingerprint density at radius 1 is 1.21 bits per heavy atom. The molecule has 19 heavy (non-hydrogen) atoms. The Hall–Kier alpha value is -0.854. The quantitative estimate of drug-likeness (QED) is 0.586. The molecule has 0 atom stereocenters. The van der Waals surface area contributed by atoms with Crippen molar-refractivity contribution in [2.45, 2.75) is 6.54 Å². The van der Waals surface area contributed by atoms with E-state index in [1.54, 1.807) is 6.07 Å². The van der Waals surface area contributed by atoms with Crippen LogP contribution in [0.5, 0.6) is 0 Å². The molecule has 0 saturated carbocycles. The summed E-state index contributed by atoms with van der Waals surface area (Å²) in [7, 11) is 0. The zero-order chi connectivity index (χ0) is 12.5. The maximum absolute atomic E-state index is 10.8. The molecule has 0 aliphatic heterocycles. The smallest absolute Gasteiger partial charge is 0.543 e. The Kier molecular flexibility index (Phi) is 4.65. The van der Waals surface area contributed by atoms with Crippen molar-refractivity contribution >= 4 is 17.0 Å². The molecule has 0 amide bonds. The zero-order valence-corrected chi connectivity index (χ0v) is 13.7. The third kappa shape index (κ3) is 3.01. The van der Waals surface area contributed by atoms with Crippen molar-refractivity contribution in [3.8, 4) is 0 Å². The number of fused-ring (bicyclic) bond motifs is 1. The van der Waals surface area contributed by atoms with Crippen molar-refractivity contribution in [1.82, 2.24) is 9.55 Å². The Bertz CT molecular complexity index is 701. The fourth-order valence-corrected chi connectivity index (χ4v) is 2.10. The molecule has 1 N–H and O–H groups in total. The fraction of sp³-hybridized carbons (Fsp3) is 0.0714. The summed E-state index contributed by atoms with van der Waals surface area (Å²) in [6, 6.07) is 13.5. The van der Waals surface area contributed by atoms with E-state index < -0.39 is 5.97 Å². The topological polar surface area (TPSA) is 60.8 Å². The molecule has 0 aliphatic rings. The Labute approximate surface area is 152 Å². The van der Waals surface area contributed by atoms with E-state index in [-0.39, 0.29) is 57.1 Å². The SMILES string of the molecule is O=C([O-])c1cc2c(ccn2Cc2ccccc2)[nH]1.[K+]. The molecule has 90 valence electrons. The van der Waals surface area contributed by atoms with Crippen LogP contribution in [-0.4, -0.2) is 15.5 Å². The van der Waals surface area contributed by atoms with Crippen LogP contribution in [0, 0.1) is 0 Å². The van der Waals surface area contributed by atoms with Crippen molar-refractivity contribution in [1.29, 1.82) is 0 Å². The molecule has 0 fully saturated rings. The molecular weight excluding hydrogens is 267 g/mol. The Morgan fingerprint density at radius 3 is 2.63 bits per heavy atom. The number of aromatic nitrogens is 2. The molecule has 5 heteroatoms. The van der Waals surface area contributed by atoms with Crippen LogP contribution in [0.2, 0.25) is 0 Å². The Balaban J connectivity index is 0.00000133. The Morgan fingerprint density at radius 2 is 1.95 bits per heavy atom. The van der Waals surface area contributed by atoms with Gasteiger partial charge in [0.15, 0.2) is 0 Å². The number of carbonyl (C=O) groups excluding carboxylic acids is 1. The van der Waals surface area contributed by atoms with E-state index in [0.29, 0.717) is 6.54 Å². The molecular formula is C14H11KN2O2. The number of nitrogens with one attached hydrogen (secondary N) is 1. The van der Waals surface area contributed by atoms with Crippen LogP contribution < -0.4 is 56.5 Å². The van der Waals surface area contributed by atoms with Crippen LogP contribution >= 0.6 is 0 Å². The van der Waals surface area contributed by atoms with Crippen LogP contribution in [-0.2, 0) is 6.54 Å². The summed E-state index contributed by atoms with van der Waals surface area (Å²) in [6.07, 6.45) is 1.94. The second kappa shape index (κ2) is 6.07. The van der Waals surface area contributed by atoms with Crippen molar-refractivity contribution in [2.75, 3.05) is 0 Å². The second-order valence-electron chi connectivity index (χ2n) is 4.20. The summed E-state index contributed by atoms with van der Waals surface area (Å²) in [4.78, 5) is 13.6. The van der Waals surface area contributed by atoms with Gasteiger partial charge in [0, 0.05) is 12.7 Å². The molecule has 3 aromatic rings. The van der Waals surface area contributed by atoms with Crippen molar-refractivity contribution < 1.29 is 61.3 Å². The molecule has 0 spiro atoms. The standard InChI is InChI=1S/C14H12N2O2.K/c17-14(18)12-8-13-11(15-12)6-7-16(13)9-10-4-2-1-3-5-10;/h1-8,15H,9H2,(H,17,18);/q;+1/p-1. The maximum atomic E-state index is 10.8. The average Bonchev–Trinajstić information content (AvgIpc) is 2.93. The first kappa shape index (κ1) is 14.6. The first-order valence-electron chi connectivity index (χ1n) is 5.67. The fourth-order valence-electron chi connectivity index (χ4n) is 2.10. The van der Waals surface area contributed by atoms with E-state index in [2.05, 4.69) is 4.98 Å². The minimum Gasteiger partial charge on any atom is -0.543 e. The van der Waals surface area contributed by atoms with Crippen molar-refractivity contribution in [3.63, 3.8) is 0 Å². The molecule has 2 heterocycles. The average molecular weight is 278 g/mol. The summed E-state index contributed by atoms with van der Waals surface area (Å²) in [6.45, 7) is 0.717. The van der Waals surface area contributed by atoms with Gasteiger partial charge in [0.2, 0.25) is 0 Å². The number of nitrogens with zero attached hydrogens (tertiary/aromatic N) is 1. The molecule has 0 aliphatic carbocycles. The van der Waals surface area contributed by atoms with Crippen LogP contribution in [0.25, 0.3) is 11.0 Å². The third-order valence-corrected chi connectivity index (χ3v) is 2.97. The second-order valence-corrected chi connectivity index (χ2v) is 4.20. The van der Waals surface area contributed by atoms with Gasteiger partial charge >= 0.3 is 51.4 Å². The summed E-state index contributed by atoms with van der Waals surface area (Å²) in [5, 5.41) is 10.8. The van der Waals surface area contributed by atoms with Gasteiger partial charge in [-0.15, -0.1) is 0 Å². The van der Waals surface area contributed by atoms with Crippen molar-refractivity contribution in [2.24, 2.45) is 0 Å². The molecule has 3 rings (SSSR count). The van der Waals surface area contributed by atoms with E-state index in [0.717, 1.165) is 11.0 Å². The van der Waals surface area contributed by atoms with Crippen molar-refractivity contribution in [3.05, 3.63) is 59.9 Å². The number of H-pyrrole nitrogens is 1. The van der Waals surface area contributed by atoms with Gasteiger partial charge in [0.1, 0.15) is 0 Å². The van der Waals surface area contributed by atoms with Gasteiger partial charge in [0.25, 0.3) is 0 Å². The monoisotopic (exact) mass is 278 g/mol. The van der Waals surface area contributed by atoms with Gasteiger partial charge in [-0.05, 0) is 17.7 Å². The molecule has 2 aromatic heterocycles. The number of aromatic carboxylic acids is 1. The van der Waals surface area contributed by atoms with E-state index in [9.17, 15) is 9.90 Å². The van der Waals surface area contributed by atoms with Gasteiger partial charge in [0.05, 0.1) is 22.7 Å². The number of rotatable bonds is 3. The van der Waals surface area contributed by atoms with Crippen LogP contribution in [0.1, 0.15) is 16.1 Å². The number of carboxylic acid groups (broad SMARTS) is 1. The number of carboxylic acids is 1. The third-order valence-electron chi connectivity index (χ3n) is 2.97. The van der Waals surface area contributed by atoms with Crippen LogP contribution in [0.4, 0.5) is 0 Å². The largest absolute Gasteiger partial charge is 1.00 e. The van der Waals surface area contributed by atoms with E-state index in [1.807, 2.05) is 47.2 Å². The zero-order valence-electron chi connectivity index (χ0n) is 10.6. The minimum atomic E-state index is -1.18. The summed E-state index contributed by atoms with van der Waals surface area (Å²) in [5.41, 5.74) is 2.97. The van der Waals surface area contributed by atoms with E-state index in [4.69, 9.17) is 0 Å². The molecule has 0 saturated heterocycles. The normalized spacial score (nSPS) is 10.3. The molecule has 0 radical (unpaired) electrons. The van der Waals surface area contributed by atoms with Gasteiger partial charge in [-0.25, -0.2) is 0 Å². The van der Waals surface area contributed by atoms with Crippen LogP contribution in [0.3, 0.4) is 0 Å². The first-order valence-corrected chi connectivity index (χ1v) is 5.67. The summed E-state index contributed by atoms with van der Waals surface area (Å²) in [5.74, 6) is -1.18. The maximum Gasteiger partial charge on any atom is 1.00 e. The number of hydrogen-bond acceptors (Lipinski definition) is 2. The van der Waals surface area contributed by atoms with E-state index >= 15 is 0 Å². The predicted octanol–water partition coefficient (Wildman–Crippen LogP) is -1.61. The van der Waals surface area contributed by atoms with E-state index in [1.165, 1.54) is 5.56 Å². The molecule has 0 bridgehead atoms. The van der Waals surface area contributed by atoms with Gasteiger partial charge in [-0.3, -0.25) is 0 Å². The minimum absolute atomic E-state index is 0. The molecule has 4 nitrogen and oxygen atoms in total. The molecule has 0 unspecified atom stereocenters. The number of benzene rings is 1. The molecule has 1 aromatic carbocycles. The summed E-state index contributed by atoms with van der Waals surface area (Å²) >= 11 is 0. The van der Waals surface area contributed by atoms with Crippen LogP contribution in [0.15, 0.2) is 48.7 Å². The first-order chi connectivity index (χ1) is 8.74.